The minimum Gasteiger partial charge on any atom is -0.495 e. The smallest absolute Gasteiger partial charge is 0.319 e. The van der Waals surface area contributed by atoms with E-state index in [4.69, 9.17) is 4.74 Å². The minimum absolute atomic E-state index is 0.108. The fraction of sp³-hybridized carbons (Fsp3) is 0.250. The van der Waals surface area contributed by atoms with Gasteiger partial charge in [-0.25, -0.2) is 4.79 Å². The summed E-state index contributed by atoms with van der Waals surface area (Å²) in [6.07, 6.45) is 3.41. The van der Waals surface area contributed by atoms with Gasteiger partial charge in [-0.2, -0.15) is 0 Å². The fourth-order valence-corrected chi connectivity index (χ4v) is 2.01. The van der Waals surface area contributed by atoms with Gasteiger partial charge in [-0.15, -0.1) is 0 Å². The summed E-state index contributed by atoms with van der Waals surface area (Å²) in [6, 6.07) is 9.00. The monoisotopic (exact) mass is 285 g/mol. The molecule has 2 aromatic rings. The van der Waals surface area contributed by atoms with Gasteiger partial charge in [-0.05, 0) is 49.2 Å². The van der Waals surface area contributed by atoms with Crippen LogP contribution in [-0.4, -0.2) is 18.1 Å². The normalized spacial score (nSPS) is 11.6. The first-order chi connectivity index (χ1) is 10.1. The molecule has 0 fully saturated rings. The van der Waals surface area contributed by atoms with E-state index in [9.17, 15) is 4.79 Å². The summed E-state index contributed by atoms with van der Waals surface area (Å²) in [4.78, 5) is 16.0. The van der Waals surface area contributed by atoms with Crippen molar-refractivity contribution >= 4 is 11.7 Å². The van der Waals surface area contributed by atoms with Crippen LogP contribution in [0.3, 0.4) is 0 Å². The van der Waals surface area contributed by atoms with E-state index in [-0.39, 0.29) is 12.1 Å². The number of ether oxygens (including phenoxy) is 1. The Hall–Kier alpha value is -2.56. The van der Waals surface area contributed by atoms with Crippen molar-refractivity contribution < 1.29 is 9.53 Å². The van der Waals surface area contributed by atoms with E-state index in [1.807, 2.05) is 44.2 Å². The second kappa shape index (κ2) is 6.74. The maximum atomic E-state index is 12.1. The summed E-state index contributed by atoms with van der Waals surface area (Å²) in [5.41, 5.74) is 2.70. The maximum Gasteiger partial charge on any atom is 0.319 e. The molecule has 0 aliphatic carbocycles. The number of urea groups is 1. The molecule has 0 aliphatic heterocycles. The number of nitrogens with one attached hydrogen (secondary N) is 2. The predicted octanol–water partition coefficient (Wildman–Crippen LogP) is 3.28. The molecule has 0 bridgehead atoms. The molecule has 0 aliphatic rings. The molecule has 5 nitrogen and oxygen atoms in total. The van der Waals surface area contributed by atoms with Crippen LogP contribution in [0.25, 0.3) is 0 Å². The van der Waals surface area contributed by atoms with Gasteiger partial charge in [-0.1, -0.05) is 6.07 Å². The summed E-state index contributed by atoms with van der Waals surface area (Å²) in [5.74, 6) is 0.632. The number of rotatable bonds is 4. The van der Waals surface area contributed by atoms with E-state index in [2.05, 4.69) is 15.6 Å². The molecule has 1 heterocycles. The Morgan fingerprint density at radius 1 is 1.24 bits per heavy atom. The molecule has 5 heteroatoms. The van der Waals surface area contributed by atoms with E-state index in [0.717, 1.165) is 11.1 Å². The third-order valence-electron chi connectivity index (χ3n) is 3.16. The highest BCUT2D eigenvalue weighted by molar-refractivity contribution is 5.91. The lowest BCUT2D eigenvalue weighted by Gasteiger charge is -2.16. The van der Waals surface area contributed by atoms with E-state index in [1.165, 1.54) is 0 Å². The Morgan fingerprint density at radius 3 is 2.62 bits per heavy atom. The fourth-order valence-electron chi connectivity index (χ4n) is 2.01. The molecule has 1 atom stereocenters. The first-order valence-corrected chi connectivity index (χ1v) is 6.72. The van der Waals surface area contributed by atoms with Crippen LogP contribution in [0, 0.1) is 6.92 Å². The molecule has 1 aromatic heterocycles. The highest BCUT2D eigenvalue weighted by Gasteiger charge is 2.11. The van der Waals surface area contributed by atoms with Crippen molar-refractivity contribution in [2.75, 3.05) is 12.4 Å². The topological polar surface area (TPSA) is 63.2 Å². The van der Waals surface area contributed by atoms with Crippen molar-refractivity contribution in [1.29, 1.82) is 0 Å². The molecule has 2 rings (SSSR count). The Balaban J connectivity index is 2.04. The number of benzene rings is 1. The summed E-state index contributed by atoms with van der Waals surface area (Å²) in [5, 5.41) is 5.69. The molecule has 2 N–H and O–H groups in total. The average Bonchev–Trinajstić information content (AvgIpc) is 2.48. The summed E-state index contributed by atoms with van der Waals surface area (Å²) in [6.45, 7) is 3.88. The largest absolute Gasteiger partial charge is 0.495 e. The molecule has 2 amide bonds. The zero-order chi connectivity index (χ0) is 15.2. The maximum absolute atomic E-state index is 12.1. The number of aromatic nitrogens is 1. The zero-order valence-electron chi connectivity index (χ0n) is 12.4. The SMILES string of the molecule is COc1ccc(C)cc1NC(=O)N[C@H](C)c1ccncc1. The quantitative estimate of drug-likeness (QED) is 0.906. The van der Waals surface area contributed by atoms with Crippen LogP contribution in [0.15, 0.2) is 42.7 Å². The van der Waals surface area contributed by atoms with Gasteiger partial charge < -0.3 is 15.4 Å². The van der Waals surface area contributed by atoms with Gasteiger partial charge in [-0.3, -0.25) is 4.98 Å². The van der Waals surface area contributed by atoms with Crippen molar-refractivity contribution in [2.45, 2.75) is 19.9 Å². The summed E-state index contributed by atoms with van der Waals surface area (Å²) >= 11 is 0. The predicted molar refractivity (Wildman–Crippen MR) is 82.5 cm³/mol. The molecule has 1 aromatic carbocycles. The lowest BCUT2D eigenvalue weighted by Crippen LogP contribution is -2.31. The van der Waals surface area contributed by atoms with Crippen LogP contribution in [0.4, 0.5) is 10.5 Å². The van der Waals surface area contributed by atoms with Gasteiger partial charge >= 0.3 is 6.03 Å². The summed E-state index contributed by atoms with van der Waals surface area (Å²) in [7, 11) is 1.58. The molecule has 0 saturated heterocycles. The number of carbonyl (C=O) groups excluding carboxylic acids is 1. The number of amides is 2. The van der Waals surface area contributed by atoms with Gasteiger partial charge in [0, 0.05) is 12.4 Å². The first kappa shape index (κ1) is 14.8. The van der Waals surface area contributed by atoms with Crippen molar-refractivity contribution in [2.24, 2.45) is 0 Å². The number of aryl methyl sites for hydroxylation is 1. The van der Waals surface area contributed by atoms with Gasteiger partial charge in [0.25, 0.3) is 0 Å². The second-order valence-corrected chi connectivity index (χ2v) is 4.80. The van der Waals surface area contributed by atoms with E-state index in [1.54, 1.807) is 19.5 Å². The molecule has 21 heavy (non-hydrogen) atoms. The third kappa shape index (κ3) is 3.95. The standard InChI is InChI=1S/C16H19N3O2/c1-11-4-5-15(21-3)14(10-11)19-16(20)18-12(2)13-6-8-17-9-7-13/h4-10,12H,1-3H3,(H2,18,19,20)/t12-/m1/s1. The molecule has 110 valence electrons. The zero-order valence-corrected chi connectivity index (χ0v) is 12.4. The number of anilines is 1. The number of hydrogen-bond donors (Lipinski definition) is 2. The number of methoxy groups -OCH3 is 1. The molecular weight excluding hydrogens is 266 g/mol. The van der Waals surface area contributed by atoms with Crippen LogP contribution in [-0.2, 0) is 0 Å². The Labute approximate surface area is 124 Å². The van der Waals surface area contributed by atoms with E-state index >= 15 is 0 Å². The van der Waals surface area contributed by atoms with Crippen LogP contribution in [0.1, 0.15) is 24.1 Å². The lowest BCUT2D eigenvalue weighted by atomic mass is 10.1. The number of carbonyl (C=O) groups is 1. The van der Waals surface area contributed by atoms with Crippen molar-refractivity contribution in [3.8, 4) is 5.75 Å². The first-order valence-electron chi connectivity index (χ1n) is 6.72. The molecule has 0 saturated carbocycles. The molecule has 0 spiro atoms. The summed E-state index contributed by atoms with van der Waals surface area (Å²) < 4.78 is 5.24. The Kier molecular flexibility index (Phi) is 4.77. The Bertz CT molecular complexity index is 614. The third-order valence-corrected chi connectivity index (χ3v) is 3.16. The van der Waals surface area contributed by atoms with Crippen molar-refractivity contribution in [1.82, 2.24) is 10.3 Å². The molecular formula is C16H19N3O2. The number of pyridine rings is 1. The van der Waals surface area contributed by atoms with Gasteiger partial charge in [0.2, 0.25) is 0 Å². The van der Waals surface area contributed by atoms with Crippen LogP contribution in [0.2, 0.25) is 0 Å². The van der Waals surface area contributed by atoms with Crippen LogP contribution < -0.4 is 15.4 Å². The molecule has 0 unspecified atom stereocenters. The van der Waals surface area contributed by atoms with Crippen LogP contribution in [0.5, 0.6) is 5.75 Å². The van der Waals surface area contributed by atoms with Crippen molar-refractivity contribution in [3.63, 3.8) is 0 Å². The van der Waals surface area contributed by atoms with E-state index in [0.29, 0.717) is 11.4 Å². The number of nitrogens with zero attached hydrogens (tertiary/aromatic N) is 1. The second-order valence-electron chi connectivity index (χ2n) is 4.80. The van der Waals surface area contributed by atoms with Crippen LogP contribution >= 0.6 is 0 Å². The van der Waals surface area contributed by atoms with E-state index < -0.39 is 0 Å². The molecule has 0 radical (unpaired) electrons. The minimum atomic E-state index is -0.275. The average molecular weight is 285 g/mol. The Morgan fingerprint density at radius 2 is 1.95 bits per heavy atom. The highest BCUT2D eigenvalue weighted by Crippen LogP contribution is 2.25. The highest BCUT2D eigenvalue weighted by atomic mass is 16.5. The van der Waals surface area contributed by atoms with Gasteiger partial charge in [0.1, 0.15) is 5.75 Å². The van der Waals surface area contributed by atoms with Gasteiger partial charge in [0.15, 0.2) is 0 Å². The lowest BCUT2D eigenvalue weighted by molar-refractivity contribution is 0.249. The van der Waals surface area contributed by atoms with Crippen molar-refractivity contribution in [3.05, 3.63) is 53.9 Å². The van der Waals surface area contributed by atoms with Gasteiger partial charge in [0.05, 0.1) is 18.8 Å². The number of hydrogen-bond acceptors (Lipinski definition) is 3.